The molecular weight excluding hydrogens is 630 g/mol. The molecule has 3 atom stereocenters. The predicted molar refractivity (Wildman–Crippen MR) is 167 cm³/mol. The number of nitrogens with one attached hydrogen (secondary N) is 1. The lowest BCUT2D eigenvalue weighted by molar-refractivity contribution is -0.137. The van der Waals surface area contributed by atoms with Crippen LogP contribution in [-0.2, 0) is 11.0 Å². The number of aliphatic imine (C=N–C) groups is 1. The van der Waals surface area contributed by atoms with Gasteiger partial charge in [-0.1, -0.05) is 47.5 Å². The molecule has 2 aliphatic heterocycles. The van der Waals surface area contributed by atoms with Crippen LogP contribution in [0.1, 0.15) is 41.3 Å². The molecular formula is C32H32Cl2F3N5O3. The van der Waals surface area contributed by atoms with Crippen molar-refractivity contribution >= 4 is 41.4 Å². The van der Waals surface area contributed by atoms with Gasteiger partial charge in [-0.05, 0) is 67.6 Å². The van der Waals surface area contributed by atoms with Gasteiger partial charge in [-0.15, -0.1) is 0 Å². The normalized spacial score (nSPS) is 19.8. The number of carbonyl (C=O) groups is 2. The number of likely N-dealkylation sites (N-methyl/N-ethyl adjacent to an activating group) is 1. The van der Waals surface area contributed by atoms with Crippen molar-refractivity contribution in [3.63, 3.8) is 0 Å². The molecule has 45 heavy (non-hydrogen) atoms. The Bertz CT molecular complexity index is 1550. The first-order valence-electron chi connectivity index (χ1n) is 14.4. The maximum atomic E-state index is 14.6. The van der Waals surface area contributed by atoms with Gasteiger partial charge in [0.05, 0.1) is 23.8 Å². The smallest absolute Gasteiger partial charge is 0.416 e. The standard InChI is InChI=1S/C32H32Cl2F3N5O3/c1-3-45-26-18-22(32(35,36)37)8-13-25(26)30-39-28(20-4-9-23(33)10-5-20)29(21-6-11-24(34)12-7-21)42(30)31(44)41-16-14-40(15-17-41)27(19-43)38-2/h4-13,18-19,27-29,38H,3,14-17H2,1-2H3. The van der Waals surface area contributed by atoms with Crippen molar-refractivity contribution in [3.8, 4) is 5.75 Å². The van der Waals surface area contributed by atoms with E-state index in [1.807, 2.05) is 29.2 Å². The Balaban J connectivity index is 1.64. The van der Waals surface area contributed by atoms with Gasteiger partial charge in [0.1, 0.15) is 23.8 Å². The molecule has 0 radical (unpaired) electrons. The number of ether oxygens (including phenoxy) is 1. The third-order valence-electron chi connectivity index (χ3n) is 7.95. The number of nitrogens with zero attached hydrogens (tertiary/aromatic N) is 4. The number of carbonyl (C=O) groups excluding carboxylic acids is 2. The first-order chi connectivity index (χ1) is 21.5. The summed E-state index contributed by atoms with van der Waals surface area (Å²) in [5.41, 5.74) is 0.861. The fraction of sp³-hybridized carbons (Fsp3) is 0.344. The minimum Gasteiger partial charge on any atom is -0.493 e. The molecule has 3 unspecified atom stereocenters. The van der Waals surface area contributed by atoms with E-state index in [0.717, 1.165) is 29.5 Å². The molecule has 8 nitrogen and oxygen atoms in total. The second-order valence-corrected chi connectivity index (χ2v) is 11.5. The summed E-state index contributed by atoms with van der Waals surface area (Å²) in [4.78, 5) is 36.3. The first kappa shape index (κ1) is 32.7. The zero-order chi connectivity index (χ0) is 32.3. The number of hydrogen-bond donors (Lipinski definition) is 1. The number of benzene rings is 3. The molecule has 1 saturated heterocycles. The molecule has 13 heteroatoms. The Morgan fingerprint density at radius 3 is 2.13 bits per heavy atom. The van der Waals surface area contributed by atoms with Crippen LogP contribution in [0, 0.1) is 0 Å². The Morgan fingerprint density at radius 1 is 1.00 bits per heavy atom. The lowest BCUT2D eigenvalue weighted by Gasteiger charge is -2.40. The second kappa shape index (κ2) is 13.8. The number of urea groups is 1. The number of amides is 2. The first-order valence-corrected chi connectivity index (χ1v) is 15.2. The van der Waals surface area contributed by atoms with Gasteiger partial charge in [-0.3, -0.25) is 20.1 Å². The highest BCUT2D eigenvalue weighted by Crippen LogP contribution is 2.46. The van der Waals surface area contributed by atoms with Gasteiger partial charge in [0.2, 0.25) is 0 Å². The molecule has 1 N–H and O–H groups in total. The summed E-state index contributed by atoms with van der Waals surface area (Å²) in [6, 6.07) is 15.7. The molecule has 0 aliphatic carbocycles. The molecule has 2 heterocycles. The number of piperazine rings is 1. The lowest BCUT2D eigenvalue weighted by Crippen LogP contribution is -2.58. The van der Waals surface area contributed by atoms with Crippen LogP contribution < -0.4 is 10.1 Å². The van der Waals surface area contributed by atoms with Gasteiger partial charge >= 0.3 is 12.2 Å². The monoisotopic (exact) mass is 661 g/mol. The Hall–Kier alpha value is -3.64. The van der Waals surface area contributed by atoms with Crippen LogP contribution in [0.4, 0.5) is 18.0 Å². The summed E-state index contributed by atoms with van der Waals surface area (Å²) in [7, 11) is 1.69. The van der Waals surface area contributed by atoms with Gasteiger partial charge in [0.25, 0.3) is 0 Å². The minimum atomic E-state index is -4.60. The summed E-state index contributed by atoms with van der Waals surface area (Å²) in [5, 5.41) is 3.98. The molecule has 238 valence electrons. The van der Waals surface area contributed by atoms with Crippen molar-refractivity contribution < 1.29 is 27.5 Å². The van der Waals surface area contributed by atoms with Gasteiger partial charge in [0, 0.05) is 36.2 Å². The Morgan fingerprint density at radius 2 is 1.60 bits per heavy atom. The maximum absolute atomic E-state index is 14.6. The number of hydrogen-bond acceptors (Lipinski definition) is 6. The van der Waals surface area contributed by atoms with Gasteiger partial charge in [-0.2, -0.15) is 13.2 Å². The number of halogens is 5. The van der Waals surface area contributed by atoms with Gasteiger partial charge in [0.15, 0.2) is 6.29 Å². The van der Waals surface area contributed by atoms with E-state index in [1.54, 1.807) is 48.0 Å². The number of amidine groups is 1. The fourth-order valence-electron chi connectivity index (χ4n) is 5.69. The van der Waals surface area contributed by atoms with Crippen LogP contribution in [0.3, 0.4) is 0 Å². The van der Waals surface area contributed by atoms with E-state index in [0.29, 0.717) is 36.2 Å². The molecule has 2 amide bonds. The van der Waals surface area contributed by atoms with E-state index in [9.17, 15) is 22.8 Å². The molecule has 0 spiro atoms. The van der Waals surface area contributed by atoms with Crippen molar-refractivity contribution in [2.24, 2.45) is 4.99 Å². The van der Waals surface area contributed by atoms with E-state index in [-0.39, 0.29) is 29.8 Å². The number of rotatable bonds is 8. The Kier molecular flexibility index (Phi) is 10.0. The van der Waals surface area contributed by atoms with E-state index in [1.165, 1.54) is 6.07 Å². The van der Waals surface area contributed by atoms with Gasteiger partial charge < -0.3 is 14.4 Å². The van der Waals surface area contributed by atoms with Crippen molar-refractivity contribution in [2.45, 2.75) is 31.3 Å². The van der Waals surface area contributed by atoms with Gasteiger partial charge in [-0.25, -0.2) is 4.79 Å². The molecule has 2 aliphatic rings. The molecule has 5 rings (SSSR count). The van der Waals surface area contributed by atoms with E-state index in [4.69, 9.17) is 32.9 Å². The van der Waals surface area contributed by atoms with Crippen molar-refractivity contribution in [2.75, 3.05) is 39.8 Å². The quantitative estimate of drug-likeness (QED) is 0.281. The summed E-state index contributed by atoms with van der Waals surface area (Å²) in [6.07, 6.45) is -4.26. The van der Waals surface area contributed by atoms with Crippen LogP contribution in [0.15, 0.2) is 71.7 Å². The zero-order valence-corrected chi connectivity index (χ0v) is 26.1. The van der Waals surface area contributed by atoms with Crippen LogP contribution in [0.2, 0.25) is 10.0 Å². The van der Waals surface area contributed by atoms with E-state index in [2.05, 4.69) is 5.32 Å². The predicted octanol–water partition coefficient (Wildman–Crippen LogP) is 6.44. The summed E-state index contributed by atoms with van der Waals surface area (Å²) < 4.78 is 46.9. The van der Waals surface area contributed by atoms with Crippen LogP contribution in [0.5, 0.6) is 5.75 Å². The highest BCUT2D eigenvalue weighted by molar-refractivity contribution is 6.30. The average molecular weight is 663 g/mol. The third kappa shape index (κ3) is 6.96. The van der Waals surface area contributed by atoms with Crippen molar-refractivity contribution in [3.05, 3.63) is 99.0 Å². The Labute approximate surface area is 269 Å². The molecule has 3 aromatic carbocycles. The highest BCUT2D eigenvalue weighted by Gasteiger charge is 2.45. The van der Waals surface area contributed by atoms with Crippen LogP contribution in [-0.4, -0.2) is 78.9 Å². The van der Waals surface area contributed by atoms with E-state index >= 15 is 0 Å². The summed E-state index contributed by atoms with van der Waals surface area (Å²) in [6.45, 7) is 3.29. The summed E-state index contributed by atoms with van der Waals surface area (Å²) in [5.74, 6) is 0.142. The van der Waals surface area contributed by atoms with Crippen molar-refractivity contribution in [1.82, 2.24) is 20.0 Å². The van der Waals surface area contributed by atoms with E-state index < -0.39 is 30.0 Å². The molecule has 0 aromatic heterocycles. The zero-order valence-electron chi connectivity index (χ0n) is 24.6. The van der Waals surface area contributed by atoms with Crippen LogP contribution in [0.25, 0.3) is 0 Å². The number of aldehydes is 1. The molecule has 3 aromatic rings. The molecule has 0 saturated carbocycles. The maximum Gasteiger partial charge on any atom is 0.416 e. The van der Waals surface area contributed by atoms with Crippen molar-refractivity contribution in [1.29, 1.82) is 0 Å². The lowest BCUT2D eigenvalue weighted by atomic mass is 9.93. The average Bonchev–Trinajstić information content (AvgIpc) is 3.42. The minimum absolute atomic E-state index is 0.0387. The molecule has 0 bridgehead atoms. The fourth-order valence-corrected chi connectivity index (χ4v) is 5.95. The molecule has 1 fully saturated rings. The largest absolute Gasteiger partial charge is 0.493 e. The topological polar surface area (TPSA) is 77.5 Å². The van der Waals surface area contributed by atoms with Crippen LogP contribution >= 0.6 is 23.2 Å². The number of alkyl halides is 3. The highest BCUT2D eigenvalue weighted by atomic mass is 35.5. The SMILES string of the molecule is CCOc1cc(C(F)(F)F)ccc1C1=NC(c2ccc(Cl)cc2)C(c2ccc(Cl)cc2)N1C(=O)N1CCN(C(C=O)NC)CC1. The second-order valence-electron chi connectivity index (χ2n) is 10.6. The summed E-state index contributed by atoms with van der Waals surface area (Å²) >= 11 is 12.4. The third-order valence-corrected chi connectivity index (χ3v) is 8.45.